The summed E-state index contributed by atoms with van der Waals surface area (Å²) in [5.41, 5.74) is 5.78. The van der Waals surface area contributed by atoms with E-state index in [9.17, 15) is 9.82 Å². The van der Waals surface area contributed by atoms with Crippen molar-refractivity contribution in [2.45, 2.75) is 19.8 Å². The molecule has 2 aromatic rings. The van der Waals surface area contributed by atoms with Gasteiger partial charge in [-0.05, 0) is 53.7 Å². The second-order valence-electron chi connectivity index (χ2n) is 7.21. The SMILES string of the molecule is Cc1cc(C(=O)Cc2ccc3c(c2)B(O)OCC3)ccc1N1CCOCC1. The molecule has 27 heavy (non-hydrogen) atoms. The number of benzene rings is 2. The number of anilines is 1. The van der Waals surface area contributed by atoms with Gasteiger partial charge in [0.05, 0.1) is 13.2 Å². The number of hydrogen-bond acceptors (Lipinski definition) is 5. The Balaban J connectivity index is 1.50. The lowest BCUT2D eigenvalue weighted by molar-refractivity contribution is 0.0992. The summed E-state index contributed by atoms with van der Waals surface area (Å²) in [5, 5.41) is 10.0. The summed E-state index contributed by atoms with van der Waals surface area (Å²) in [6.45, 7) is 5.83. The number of nitrogens with zero attached hydrogens (tertiary/aromatic N) is 1. The highest BCUT2D eigenvalue weighted by Crippen LogP contribution is 2.23. The van der Waals surface area contributed by atoms with Gasteiger partial charge in [0.2, 0.25) is 0 Å². The molecular formula is C21H24BNO4. The second-order valence-corrected chi connectivity index (χ2v) is 7.21. The third-order valence-electron chi connectivity index (χ3n) is 5.36. The number of carbonyl (C=O) groups excluding carboxylic acids is 1. The molecule has 6 heteroatoms. The quantitative estimate of drug-likeness (QED) is 0.658. The first-order valence-electron chi connectivity index (χ1n) is 9.50. The Labute approximate surface area is 160 Å². The molecule has 0 amide bonds. The molecule has 140 valence electrons. The van der Waals surface area contributed by atoms with Crippen molar-refractivity contribution < 1.29 is 19.2 Å². The van der Waals surface area contributed by atoms with Crippen molar-refractivity contribution in [2.75, 3.05) is 37.8 Å². The summed E-state index contributed by atoms with van der Waals surface area (Å²) in [6, 6.07) is 11.8. The minimum absolute atomic E-state index is 0.0813. The van der Waals surface area contributed by atoms with Gasteiger partial charge in [0.15, 0.2) is 5.78 Å². The fraction of sp³-hybridized carbons (Fsp3) is 0.381. The van der Waals surface area contributed by atoms with Gasteiger partial charge in [0, 0.05) is 37.4 Å². The number of ether oxygens (including phenoxy) is 1. The monoisotopic (exact) mass is 365 g/mol. The minimum atomic E-state index is -0.890. The maximum Gasteiger partial charge on any atom is 0.491 e. The molecule has 2 heterocycles. The molecular weight excluding hydrogens is 341 g/mol. The van der Waals surface area contributed by atoms with Crippen molar-refractivity contribution in [3.8, 4) is 0 Å². The summed E-state index contributed by atoms with van der Waals surface area (Å²) < 4.78 is 10.7. The number of aryl methyl sites for hydroxylation is 1. The van der Waals surface area contributed by atoms with Crippen molar-refractivity contribution in [2.24, 2.45) is 0 Å². The molecule has 0 bridgehead atoms. The van der Waals surface area contributed by atoms with Gasteiger partial charge in [-0.15, -0.1) is 0 Å². The van der Waals surface area contributed by atoms with Gasteiger partial charge in [-0.3, -0.25) is 4.79 Å². The van der Waals surface area contributed by atoms with Crippen molar-refractivity contribution in [3.05, 3.63) is 58.7 Å². The van der Waals surface area contributed by atoms with E-state index >= 15 is 0 Å². The molecule has 0 radical (unpaired) electrons. The van der Waals surface area contributed by atoms with Crippen LogP contribution in [0.2, 0.25) is 0 Å². The van der Waals surface area contributed by atoms with Crippen LogP contribution >= 0.6 is 0 Å². The van der Waals surface area contributed by atoms with Crippen LogP contribution in [-0.4, -0.2) is 50.8 Å². The first kappa shape index (κ1) is 18.2. The van der Waals surface area contributed by atoms with Gasteiger partial charge in [-0.2, -0.15) is 0 Å². The Morgan fingerprint density at radius 2 is 1.96 bits per heavy atom. The fourth-order valence-electron chi connectivity index (χ4n) is 3.86. The molecule has 0 aliphatic carbocycles. The van der Waals surface area contributed by atoms with Crippen LogP contribution in [0.5, 0.6) is 0 Å². The molecule has 1 fully saturated rings. The molecule has 0 saturated carbocycles. The predicted octanol–water partition coefficient (Wildman–Crippen LogP) is 1.52. The van der Waals surface area contributed by atoms with E-state index < -0.39 is 7.12 Å². The fourth-order valence-corrected chi connectivity index (χ4v) is 3.86. The average Bonchev–Trinajstić information content (AvgIpc) is 2.69. The van der Waals surface area contributed by atoms with Gasteiger partial charge in [0.1, 0.15) is 0 Å². The van der Waals surface area contributed by atoms with Crippen LogP contribution in [0.4, 0.5) is 5.69 Å². The number of ketones is 1. The summed E-state index contributed by atoms with van der Waals surface area (Å²) in [6.07, 6.45) is 1.11. The standard InChI is InChI=1S/C21H24BNO4/c1-15-12-18(4-5-20(15)23-7-10-26-11-8-23)21(24)14-16-2-3-17-6-9-27-22(25)19(17)13-16/h2-5,12-13,25H,6-11,14H2,1H3. The number of rotatable bonds is 4. The van der Waals surface area contributed by atoms with E-state index in [1.165, 1.54) is 5.69 Å². The van der Waals surface area contributed by atoms with Crippen molar-refractivity contribution in [1.29, 1.82) is 0 Å². The number of fused-ring (bicyclic) bond motifs is 1. The second kappa shape index (κ2) is 7.84. The lowest BCUT2D eigenvalue weighted by atomic mass is 9.73. The van der Waals surface area contributed by atoms with Gasteiger partial charge in [-0.1, -0.05) is 18.2 Å². The normalized spacial score (nSPS) is 17.0. The van der Waals surface area contributed by atoms with E-state index in [-0.39, 0.29) is 5.78 Å². The van der Waals surface area contributed by atoms with Gasteiger partial charge >= 0.3 is 7.12 Å². The average molecular weight is 365 g/mol. The molecule has 2 aliphatic rings. The molecule has 1 N–H and O–H groups in total. The molecule has 4 rings (SSSR count). The number of morpholine rings is 1. The van der Waals surface area contributed by atoms with Crippen LogP contribution in [0.15, 0.2) is 36.4 Å². The van der Waals surface area contributed by atoms with E-state index in [1.807, 2.05) is 43.3 Å². The van der Waals surface area contributed by atoms with Crippen molar-refractivity contribution in [1.82, 2.24) is 0 Å². The van der Waals surface area contributed by atoms with Crippen LogP contribution in [0.25, 0.3) is 0 Å². The highest BCUT2D eigenvalue weighted by atomic mass is 16.5. The van der Waals surface area contributed by atoms with Crippen LogP contribution in [-0.2, 0) is 22.2 Å². The first-order valence-corrected chi connectivity index (χ1v) is 9.50. The van der Waals surface area contributed by atoms with Gasteiger partial charge < -0.3 is 19.3 Å². The third kappa shape index (κ3) is 3.93. The zero-order valence-electron chi connectivity index (χ0n) is 15.6. The van der Waals surface area contributed by atoms with Crippen LogP contribution in [0, 0.1) is 6.92 Å². The Hall–Kier alpha value is -2.15. The van der Waals surface area contributed by atoms with Crippen molar-refractivity contribution in [3.63, 3.8) is 0 Å². The lowest BCUT2D eigenvalue weighted by Gasteiger charge is -2.30. The first-order chi connectivity index (χ1) is 13.1. The number of hydrogen-bond donors (Lipinski definition) is 1. The Morgan fingerprint density at radius 3 is 2.74 bits per heavy atom. The van der Waals surface area contributed by atoms with Crippen LogP contribution in [0.1, 0.15) is 27.0 Å². The zero-order chi connectivity index (χ0) is 18.8. The highest BCUT2D eigenvalue weighted by molar-refractivity contribution is 6.60. The topological polar surface area (TPSA) is 59.0 Å². The molecule has 0 spiro atoms. The summed E-state index contributed by atoms with van der Waals surface area (Å²) in [7, 11) is -0.890. The maximum absolute atomic E-state index is 12.8. The Bertz CT molecular complexity index is 848. The van der Waals surface area contributed by atoms with E-state index in [4.69, 9.17) is 9.39 Å². The predicted molar refractivity (Wildman–Crippen MR) is 106 cm³/mol. The minimum Gasteiger partial charge on any atom is -0.423 e. The largest absolute Gasteiger partial charge is 0.491 e. The van der Waals surface area contributed by atoms with Crippen molar-refractivity contribution >= 4 is 24.1 Å². The third-order valence-corrected chi connectivity index (χ3v) is 5.36. The lowest BCUT2D eigenvalue weighted by Crippen LogP contribution is -2.41. The summed E-state index contributed by atoms with van der Waals surface area (Å²) in [5.74, 6) is 0.0813. The van der Waals surface area contributed by atoms with E-state index in [0.717, 1.165) is 60.4 Å². The van der Waals surface area contributed by atoms with E-state index in [0.29, 0.717) is 13.0 Å². The summed E-state index contributed by atoms with van der Waals surface area (Å²) >= 11 is 0. The smallest absolute Gasteiger partial charge is 0.423 e. The van der Waals surface area contributed by atoms with Crippen LogP contribution < -0.4 is 10.4 Å². The van der Waals surface area contributed by atoms with Gasteiger partial charge in [-0.25, -0.2) is 0 Å². The van der Waals surface area contributed by atoms with E-state index in [1.54, 1.807) is 0 Å². The van der Waals surface area contributed by atoms with Gasteiger partial charge in [0.25, 0.3) is 0 Å². The summed E-state index contributed by atoms with van der Waals surface area (Å²) in [4.78, 5) is 15.1. The Kier molecular flexibility index (Phi) is 5.30. The zero-order valence-corrected chi connectivity index (χ0v) is 15.6. The molecule has 1 saturated heterocycles. The van der Waals surface area contributed by atoms with E-state index in [2.05, 4.69) is 4.90 Å². The number of Topliss-reactive ketones (excluding diaryl/α,β-unsaturated/α-hetero) is 1. The molecule has 0 aromatic heterocycles. The molecule has 2 aromatic carbocycles. The number of carbonyl (C=O) groups is 1. The Morgan fingerprint density at radius 1 is 1.15 bits per heavy atom. The maximum atomic E-state index is 12.8. The molecule has 5 nitrogen and oxygen atoms in total. The molecule has 0 atom stereocenters. The molecule has 2 aliphatic heterocycles. The highest BCUT2D eigenvalue weighted by Gasteiger charge is 2.25. The molecule has 0 unspecified atom stereocenters. The van der Waals surface area contributed by atoms with Crippen LogP contribution in [0.3, 0.4) is 0 Å².